The second kappa shape index (κ2) is 6.41. The van der Waals surface area contributed by atoms with Crippen LogP contribution >= 0.6 is 0 Å². The molecule has 2 rings (SSSR count). The number of hydrogen-bond donors (Lipinski definition) is 2. The van der Waals surface area contributed by atoms with E-state index >= 15 is 0 Å². The molecule has 2 amide bonds. The average Bonchev–Trinajstić information content (AvgIpc) is 3.00. The van der Waals surface area contributed by atoms with Gasteiger partial charge in [-0.2, -0.15) is 0 Å². The number of carboxylic acids is 1. The molecule has 7 nitrogen and oxygen atoms in total. The summed E-state index contributed by atoms with van der Waals surface area (Å²) in [4.78, 5) is 27.3. The molecule has 0 bridgehead atoms. The molecule has 0 aliphatic carbocycles. The predicted molar refractivity (Wildman–Crippen MR) is 72.5 cm³/mol. The Balaban J connectivity index is 1.96. The summed E-state index contributed by atoms with van der Waals surface area (Å²) >= 11 is 0. The van der Waals surface area contributed by atoms with Crippen molar-refractivity contribution < 1.29 is 19.4 Å². The molecule has 2 N–H and O–H groups in total. The van der Waals surface area contributed by atoms with Crippen molar-refractivity contribution >= 4 is 12.0 Å². The first kappa shape index (κ1) is 15.1. The van der Waals surface area contributed by atoms with Gasteiger partial charge in [0.2, 0.25) is 0 Å². The molecule has 2 aliphatic heterocycles. The number of carboxylic acid groups (broad SMARTS) is 1. The molecule has 3 unspecified atom stereocenters. The van der Waals surface area contributed by atoms with Crippen molar-refractivity contribution in [1.82, 2.24) is 15.1 Å². The molecule has 0 aromatic heterocycles. The number of rotatable bonds is 4. The van der Waals surface area contributed by atoms with E-state index in [1.54, 1.807) is 4.90 Å². The zero-order valence-electron chi connectivity index (χ0n) is 12.0. The van der Waals surface area contributed by atoms with Crippen LogP contribution < -0.4 is 5.32 Å². The molecule has 2 heterocycles. The van der Waals surface area contributed by atoms with E-state index in [9.17, 15) is 14.7 Å². The maximum absolute atomic E-state index is 12.3. The highest BCUT2D eigenvalue weighted by atomic mass is 16.5. The minimum Gasteiger partial charge on any atom is -0.481 e. The number of hydrogen-bond acceptors (Lipinski definition) is 4. The monoisotopic (exact) mass is 285 g/mol. The fourth-order valence-corrected chi connectivity index (χ4v) is 2.93. The van der Waals surface area contributed by atoms with Crippen molar-refractivity contribution in [3.8, 4) is 0 Å². The van der Waals surface area contributed by atoms with Crippen LogP contribution in [0.1, 0.15) is 13.3 Å². The molecular formula is C13H23N3O4. The van der Waals surface area contributed by atoms with Crippen LogP contribution in [-0.4, -0.2) is 78.9 Å². The second-order valence-corrected chi connectivity index (χ2v) is 5.53. The van der Waals surface area contributed by atoms with Crippen molar-refractivity contribution in [1.29, 1.82) is 0 Å². The Bertz CT molecular complexity index is 377. The number of urea groups is 1. The lowest BCUT2D eigenvalue weighted by Crippen LogP contribution is -2.53. The Morgan fingerprint density at radius 2 is 2.20 bits per heavy atom. The van der Waals surface area contributed by atoms with E-state index in [1.165, 1.54) is 0 Å². The topological polar surface area (TPSA) is 82.1 Å². The number of likely N-dealkylation sites (N-methyl/N-ethyl adjacent to an activating group) is 2. The van der Waals surface area contributed by atoms with Gasteiger partial charge in [0, 0.05) is 19.1 Å². The summed E-state index contributed by atoms with van der Waals surface area (Å²) in [5.74, 6) is -1.54. The van der Waals surface area contributed by atoms with E-state index in [4.69, 9.17) is 4.74 Å². The Morgan fingerprint density at radius 3 is 2.75 bits per heavy atom. The van der Waals surface area contributed by atoms with Gasteiger partial charge in [-0.25, -0.2) is 4.79 Å². The van der Waals surface area contributed by atoms with Gasteiger partial charge in [-0.15, -0.1) is 0 Å². The lowest BCUT2D eigenvalue weighted by Gasteiger charge is -2.30. The van der Waals surface area contributed by atoms with Gasteiger partial charge < -0.3 is 25.0 Å². The lowest BCUT2D eigenvalue weighted by molar-refractivity contribution is -0.142. The molecule has 2 fully saturated rings. The minimum absolute atomic E-state index is 0.146. The van der Waals surface area contributed by atoms with Crippen molar-refractivity contribution in [2.75, 3.05) is 39.9 Å². The summed E-state index contributed by atoms with van der Waals surface area (Å²) in [6, 6.07) is -0.418. The van der Waals surface area contributed by atoms with Crippen molar-refractivity contribution in [3.05, 3.63) is 0 Å². The first-order valence-corrected chi connectivity index (χ1v) is 7.09. The molecular weight excluding hydrogens is 262 g/mol. The molecule has 0 radical (unpaired) electrons. The molecule has 20 heavy (non-hydrogen) atoms. The Labute approximate surface area is 118 Å². The smallest absolute Gasteiger partial charge is 0.318 e. The summed E-state index contributed by atoms with van der Waals surface area (Å²) in [5, 5.41) is 12.2. The van der Waals surface area contributed by atoms with Gasteiger partial charge >= 0.3 is 12.0 Å². The van der Waals surface area contributed by atoms with Crippen LogP contribution in [0.3, 0.4) is 0 Å². The van der Waals surface area contributed by atoms with Crippen LogP contribution in [-0.2, 0) is 9.53 Å². The van der Waals surface area contributed by atoms with Crippen LogP contribution in [0.25, 0.3) is 0 Å². The molecule has 7 heteroatoms. The third-order valence-electron chi connectivity index (χ3n) is 4.09. The van der Waals surface area contributed by atoms with Crippen LogP contribution in [0.2, 0.25) is 0 Å². The summed E-state index contributed by atoms with van der Waals surface area (Å²) in [6.45, 7) is 4.62. The number of nitrogens with zero attached hydrogens (tertiary/aromatic N) is 2. The Hall–Kier alpha value is -1.34. The van der Waals surface area contributed by atoms with Gasteiger partial charge in [0.1, 0.15) is 5.92 Å². The summed E-state index contributed by atoms with van der Waals surface area (Å²) in [5.41, 5.74) is 0. The van der Waals surface area contributed by atoms with Gasteiger partial charge in [-0.1, -0.05) is 0 Å². The number of likely N-dealkylation sites (tertiary alicyclic amines) is 1. The summed E-state index contributed by atoms with van der Waals surface area (Å²) < 4.78 is 5.24. The van der Waals surface area contributed by atoms with Gasteiger partial charge in [-0.3, -0.25) is 4.79 Å². The zero-order valence-corrected chi connectivity index (χ0v) is 12.0. The molecule has 2 saturated heterocycles. The molecule has 0 aromatic carbocycles. The van der Waals surface area contributed by atoms with Crippen LogP contribution in [0, 0.1) is 5.92 Å². The van der Waals surface area contributed by atoms with Crippen LogP contribution in [0.4, 0.5) is 4.79 Å². The standard InChI is InChI=1S/C13H23N3O4/c1-3-16(11-8-20-7-10(11)12(17)18)13(19)14-9-4-5-15(2)6-9/h9-11H,3-8H2,1-2H3,(H,14,19)(H,17,18). The van der Waals surface area contributed by atoms with E-state index < -0.39 is 11.9 Å². The number of ether oxygens (including phenoxy) is 1. The van der Waals surface area contributed by atoms with Crippen LogP contribution in [0.5, 0.6) is 0 Å². The largest absolute Gasteiger partial charge is 0.481 e. The third kappa shape index (κ3) is 3.21. The highest BCUT2D eigenvalue weighted by Gasteiger charge is 2.40. The van der Waals surface area contributed by atoms with E-state index in [1.807, 2.05) is 14.0 Å². The predicted octanol–water partition coefficient (Wildman–Crippen LogP) is -0.178. The Morgan fingerprint density at radius 1 is 1.45 bits per heavy atom. The summed E-state index contributed by atoms with van der Waals surface area (Å²) in [6.07, 6.45) is 0.934. The second-order valence-electron chi connectivity index (χ2n) is 5.53. The first-order chi connectivity index (χ1) is 9.52. The SMILES string of the molecule is CCN(C(=O)NC1CCN(C)C1)C1COCC1C(=O)O. The lowest BCUT2D eigenvalue weighted by atomic mass is 10.0. The quantitative estimate of drug-likeness (QED) is 0.749. The highest BCUT2D eigenvalue weighted by molar-refractivity contribution is 5.77. The summed E-state index contributed by atoms with van der Waals surface area (Å²) in [7, 11) is 2.02. The fourth-order valence-electron chi connectivity index (χ4n) is 2.93. The fraction of sp³-hybridized carbons (Fsp3) is 0.846. The van der Waals surface area contributed by atoms with Crippen LogP contribution in [0.15, 0.2) is 0 Å². The maximum Gasteiger partial charge on any atom is 0.318 e. The van der Waals surface area contributed by atoms with E-state index in [2.05, 4.69) is 10.2 Å². The van der Waals surface area contributed by atoms with Crippen molar-refractivity contribution in [2.24, 2.45) is 5.92 Å². The molecule has 0 saturated carbocycles. The van der Waals surface area contributed by atoms with Gasteiger partial charge in [0.25, 0.3) is 0 Å². The van der Waals surface area contributed by atoms with Crippen molar-refractivity contribution in [2.45, 2.75) is 25.4 Å². The van der Waals surface area contributed by atoms with Gasteiger partial charge in [0.15, 0.2) is 0 Å². The maximum atomic E-state index is 12.3. The molecule has 0 spiro atoms. The van der Waals surface area contributed by atoms with E-state index in [0.717, 1.165) is 19.5 Å². The number of nitrogens with one attached hydrogen (secondary N) is 1. The molecule has 3 atom stereocenters. The number of amides is 2. The van der Waals surface area contributed by atoms with E-state index in [0.29, 0.717) is 13.2 Å². The normalized spacial score (nSPS) is 30.4. The Kier molecular flexibility index (Phi) is 4.82. The number of carbonyl (C=O) groups is 2. The number of carbonyl (C=O) groups excluding carboxylic acids is 1. The zero-order chi connectivity index (χ0) is 14.7. The van der Waals surface area contributed by atoms with Gasteiger partial charge in [-0.05, 0) is 26.9 Å². The molecule has 114 valence electrons. The average molecular weight is 285 g/mol. The molecule has 0 aromatic rings. The van der Waals surface area contributed by atoms with E-state index in [-0.39, 0.29) is 24.7 Å². The third-order valence-corrected chi connectivity index (χ3v) is 4.09. The minimum atomic E-state index is -0.903. The number of aliphatic carboxylic acids is 1. The highest BCUT2D eigenvalue weighted by Crippen LogP contribution is 2.20. The van der Waals surface area contributed by atoms with Crippen molar-refractivity contribution in [3.63, 3.8) is 0 Å². The first-order valence-electron chi connectivity index (χ1n) is 7.09. The van der Waals surface area contributed by atoms with Gasteiger partial charge in [0.05, 0.1) is 19.3 Å². The molecule has 2 aliphatic rings.